The molecule has 0 radical (unpaired) electrons. The van der Waals surface area contributed by atoms with Crippen LogP contribution in [-0.4, -0.2) is 40.1 Å². The summed E-state index contributed by atoms with van der Waals surface area (Å²) in [6.45, 7) is 3.05. The molecule has 0 atom stereocenters. The molecule has 0 aliphatic carbocycles. The van der Waals surface area contributed by atoms with E-state index in [4.69, 9.17) is 0 Å². The van der Waals surface area contributed by atoms with Crippen LogP contribution in [0, 0.1) is 6.92 Å². The molecule has 15 heavy (non-hydrogen) atoms. The Morgan fingerprint density at radius 1 is 1.33 bits per heavy atom. The molecule has 0 saturated carbocycles. The minimum atomic E-state index is 0.928. The average molecular weight is 204 g/mol. The van der Waals surface area contributed by atoms with Crippen molar-refractivity contribution < 1.29 is 0 Å². The number of rotatable bonds is 3. The van der Waals surface area contributed by atoms with E-state index in [-0.39, 0.29) is 0 Å². The van der Waals surface area contributed by atoms with Crippen LogP contribution in [0.1, 0.15) is 11.4 Å². The Morgan fingerprint density at radius 2 is 2.13 bits per heavy atom. The number of nitrogens with zero attached hydrogens (tertiary/aromatic N) is 4. The van der Waals surface area contributed by atoms with Crippen molar-refractivity contribution in [1.29, 1.82) is 0 Å². The average Bonchev–Trinajstić information content (AvgIpc) is 2.59. The van der Waals surface area contributed by atoms with Crippen molar-refractivity contribution >= 4 is 5.65 Å². The molecule has 4 nitrogen and oxygen atoms in total. The largest absolute Gasteiger partial charge is 0.309 e. The zero-order valence-electron chi connectivity index (χ0n) is 9.44. The minimum Gasteiger partial charge on any atom is -0.309 e. The molecule has 2 heterocycles. The Bertz CT molecular complexity index is 459. The molecule has 0 spiro atoms. The van der Waals surface area contributed by atoms with Crippen molar-refractivity contribution in [2.75, 3.05) is 20.6 Å². The van der Waals surface area contributed by atoms with E-state index in [9.17, 15) is 0 Å². The number of hydrogen-bond acceptors (Lipinski definition) is 3. The highest BCUT2D eigenvalue weighted by Crippen LogP contribution is 2.08. The summed E-state index contributed by atoms with van der Waals surface area (Å²) in [5, 5.41) is 8.40. The number of aromatic nitrogens is 3. The first-order chi connectivity index (χ1) is 7.18. The summed E-state index contributed by atoms with van der Waals surface area (Å²) in [4.78, 5) is 2.15. The molecule has 80 valence electrons. The van der Waals surface area contributed by atoms with Gasteiger partial charge in [-0.3, -0.25) is 4.40 Å². The first kappa shape index (κ1) is 10.1. The van der Waals surface area contributed by atoms with Gasteiger partial charge < -0.3 is 4.90 Å². The summed E-state index contributed by atoms with van der Waals surface area (Å²) in [5.41, 5.74) is 2.13. The van der Waals surface area contributed by atoms with E-state index in [2.05, 4.69) is 46.6 Å². The number of aryl methyl sites for hydroxylation is 1. The second kappa shape index (κ2) is 3.98. The van der Waals surface area contributed by atoms with Gasteiger partial charge in [0.05, 0.1) is 0 Å². The third-order valence-corrected chi connectivity index (χ3v) is 2.48. The topological polar surface area (TPSA) is 33.4 Å². The summed E-state index contributed by atoms with van der Waals surface area (Å²) < 4.78 is 2.07. The van der Waals surface area contributed by atoms with Crippen LogP contribution in [-0.2, 0) is 6.42 Å². The molecular formula is C11H16N4. The summed E-state index contributed by atoms with van der Waals surface area (Å²) in [6.07, 6.45) is 2.95. The zero-order chi connectivity index (χ0) is 10.8. The predicted octanol–water partition coefficient (Wildman–Crippen LogP) is 1.14. The molecule has 2 rings (SSSR count). The van der Waals surface area contributed by atoms with Crippen LogP contribution in [0.4, 0.5) is 0 Å². The van der Waals surface area contributed by atoms with Gasteiger partial charge in [0, 0.05) is 19.2 Å². The van der Waals surface area contributed by atoms with Crippen molar-refractivity contribution in [2.45, 2.75) is 13.3 Å². The lowest BCUT2D eigenvalue weighted by molar-refractivity contribution is 0.409. The Hall–Kier alpha value is -1.42. The van der Waals surface area contributed by atoms with Gasteiger partial charge in [0.1, 0.15) is 5.82 Å². The van der Waals surface area contributed by atoms with Gasteiger partial charge in [-0.15, -0.1) is 10.2 Å². The van der Waals surface area contributed by atoms with E-state index in [1.54, 1.807) is 0 Å². The molecular weight excluding hydrogens is 188 g/mol. The predicted molar refractivity (Wildman–Crippen MR) is 60.0 cm³/mol. The van der Waals surface area contributed by atoms with Gasteiger partial charge in [0.15, 0.2) is 5.65 Å². The smallest absolute Gasteiger partial charge is 0.163 e. The van der Waals surface area contributed by atoms with E-state index in [0.717, 1.165) is 24.4 Å². The highest BCUT2D eigenvalue weighted by Gasteiger charge is 2.06. The fraction of sp³-hybridized carbons (Fsp3) is 0.455. The van der Waals surface area contributed by atoms with E-state index in [1.165, 1.54) is 5.56 Å². The van der Waals surface area contributed by atoms with Crippen LogP contribution in [0.3, 0.4) is 0 Å². The SMILES string of the molecule is Cc1cccn2c(CCN(C)C)nnc12. The minimum absolute atomic E-state index is 0.928. The second-order valence-corrected chi connectivity index (χ2v) is 4.05. The molecule has 0 amide bonds. The monoisotopic (exact) mass is 204 g/mol. The van der Waals surface area contributed by atoms with Crippen LogP contribution in [0.2, 0.25) is 0 Å². The van der Waals surface area contributed by atoms with Gasteiger partial charge in [0.25, 0.3) is 0 Å². The second-order valence-electron chi connectivity index (χ2n) is 4.05. The van der Waals surface area contributed by atoms with Gasteiger partial charge in [-0.05, 0) is 32.6 Å². The fourth-order valence-corrected chi connectivity index (χ4v) is 1.59. The Morgan fingerprint density at radius 3 is 2.87 bits per heavy atom. The summed E-state index contributed by atoms with van der Waals surface area (Å²) in [6, 6.07) is 4.09. The molecule has 4 heteroatoms. The Labute approximate surface area is 89.5 Å². The van der Waals surface area contributed by atoms with Gasteiger partial charge in [0.2, 0.25) is 0 Å². The molecule has 2 aromatic rings. The van der Waals surface area contributed by atoms with Crippen LogP contribution in [0.25, 0.3) is 5.65 Å². The van der Waals surface area contributed by atoms with E-state index < -0.39 is 0 Å². The molecule has 0 aromatic carbocycles. The van der Waals surface area contributed by atoms with Gasteiger partial charge in [-0.25, -0.2) is 0 Å². The van der Waals surface area contributed by atoms with E-state index in [1.807, 2.05) is 12.3 Å². The zero-order valence-corrected chi connectivity index (χ0v) is 9.44. The quantitative estimate of drug-likeness (QED) is 0.751. The number of pyridine rings is 1. The molecule has 0 fully saturated rings. The molecule has 0 aliphatic rings. The van der Waals surface area contributed by atoms with Crippen LogP contribution in [0.5, 0.6) is 0 Å². The van der Waals surface area contributed by atoms with E-state index in [0.29, 0.717) is 0 Å². The lowest BCUT2D eigenvalue weighted by Crippen LogP contribution is -2.16. The lowest BCUT2D eigenvalue weighted by atomic mass is 10.3. The third-order valence-electron chi connectivity index (χ3n) is 2.48. The Kier molecular flexibility index (Phi) is 2.68. The maximum absolute atomic E-state index is 4.21. The van der Waals surface area contributed by atoms with Gasteiger partial charge in [-0.1, -0.05) is 6.07 Å². The molecule has 2 aromatic heterocycles. The van der Waals surface area contributed by atoms with Gasteiger partial charge >= 0.3 is 0 Å². The van der Waals surface area contributed by atoms with Crippen molar-refractivity contribution in [1.82, 2.24) is 19.5 Å². The summed E-state index contributed by atoms with van der Waals surface area (Å²) >= 11 is 0. The molecule has 0 aliphatic heterocycles. The fourth-order valence-electron chi connectivity index (χ4n) is 1.59. The molecule has 0 saturated heterocycles. The summed E-state index contributed by atoms with van der Waals surface area (Å²) in [5.74, 6) is 1.03. The third kappa shape index (κ3) is 1.99. The van der Waals surface area contributed by atoms with Crippen molar-refractivity contribution in [2.24, 2.45) is 0 Å². The normalized spacial score (nSPS) is 11.5. The van der Waals surface area contributed by atoms with Crippen molar-refractivity contribution in [3.05, 3.63) is 29.7 Å². The standard InChI is InChI=1S/C11H16N4/c1-9-5-4-7-15-10(6-8-14(2)3)12-13-11(9)15/h4-5,7H,6,8H2,1-3H3. The maximum atomic E-state index is 4.21. The first-order valence-electron chi connectivity index (χ1n) is 5.12. The van der Waals surface area contributed by atoms with Crippen molar-refractivity contribution in [3.63, 3.8) is 0 Å². The summed E-state index contributed by atoms with van der Waals surface area (Å²) in [7, 11) is 4.13. The van der Waals surface area contributed by atoms with Crippen molar-refractivity contribution in [3.8, 4) is 0 Å². The molecule has 0 bridgehead atoms. The highest BCUT2D eigenvalue weighted by molar-refractivity contribution is 5.46. The van der Waals surface area contributed by atoms with Gasteiger partial charge in [-0.2, -0.15) is 0 Å². The lowest BCUT2D eigenvalue weighted by Gasteiger charge is -2.07. The van der Waals surface area contributed by atoms with Crippen LogP contribution in [0.15, 0.2) is 18.3 Å². The number of likely N-dealkylation sites (N-methyl/N-ethyl adjacent to an activating group) is 1. The molecule has 0 N–H and O–H groups in total. The first-order valence-corrected chi connectivity index (χ1v) is 5.12. The van der Waals surface area contributed by atoms with Crippen LogP contribution >= 0.6 is 0 Å². The van der Waals surface area contributed by atoms with Crippen LogP contribution < -0.4 is 0 Å². The number of hydrogen-bond donors (Lipinski definition) is 0. The number of fused-ring (bicyclic) bond motifs is 1. The molecule has 0 unspecified atom stereocenters. The maximum Gasteiger partial charge on any atom is 0.163 e. The highest BCUT2D eigenvalue weighted by atomic mass is 15.2. The van der Waals surface area contributed by atoms with E-state index >= 15 is 0 Å². The Balaban J connectivity index is 2.33.